The number of benzene rings is 1. The van der Waals surface area contributed by atoms with Crippen LogP contribution in [0.4, 0.5) is 5.95 Å². The van der Waals surface area contributed by atoms with Crippen molar-refractivity contribution in [2.24, 2.45) is 10.9 Å². The second kappa shape index (κ2) is 12.2. The van der Waals surface area contributed by atoms with Gasteiger partial charge in [-0.2, -0.15) is 0 Å². The Morgan fingerprint density at radius 3 is 2.62 bits per heavy atom. The lowest BCUT2D eigenvalue weighted by Gasteiger charge is -2.16. The highest BCUT2D eigenvalue weighted by Crippen LogP contribution is 2.23. The Kier molecular flexibility index (Phi) is 9.01. The molecular formula is C26H36N6O2. The smallest absolute Gasteiger partial charge is 0.229 e. The Labute approximate surface area is 201 Å². The molecule has 0 aliphatic carbocycles. The van der Waals surface area contributed by atoms with Crippen molar-refractivity contribution in [2.75, 3.05) is 19.0 Å². The van der Waals surface area contributed by atoms with Gasteiger partial charge in [-0.1, -0.05) is 26.7 Å². The van der Waals surface area contributed by atoms with Crippen molar-refractivity contribution in [3.63, 3.8) is 0 Å². The number of carbonyl (C=O) groups is 1. The van der Waals surface area contributed by atoms with Crippen LogP contribution >= 0.6 is 0 Å². The molecule has 0 fully saturated rings. The number of rotatable bonds is 10. The first-order valence-electron chi connectivity index (χ1n) is 12.0. The largest absolute Gasteiger partial charge is 0.497 e. The normalized spacial score (nSPS) is 12.6. The zero-order chi connectivity index (χ0) is 24.5. The van der Waals surface area contributed by atoms with Crippen molar-refractivity contribution >= 4 is 28.7 Å². The van der Waals surface area contributed by atoms with E-state index in [0.717, 1.165) is 59.3 Å². The fourth-order valence-corrected chi connectivity index (χ4v) is 3.98. The summed E-state index contributed by atoms with van der Waals surface area (Å²) in [6.45, 7) is 8.51. The van der Waals surface area contributed by atoms with E-state index in [1.54, 1.807) is 7.11 Å². The number of H-pyrrole nitrogens is 1. The van der Waals surface area contributed by atoms with E-state index in [4.69, 9.17) is 4.74 Å². The Hall–Kier alpha value is -3.42. The molecule has 1 aromatic carbocycles. The summed E-state index contributed by atoms with van der Waals surface area (Å²) in [5.74, 6) is 1.56. The van der Waals surface area contributed by atoms with Gasteiger partial charge in [0, 0.05) is 47.0 Å². The summed E-state index contributed by atoms with van der Waals surface area (Å²) in [6, 6.07) is 7.89. The first-order chi connectivity index (χ1) is 16.4. The van der Waals surface area contributed by atoms with E-state index < -0.39 is 0 Å². The molecule has 2 heterocycles. The number of methoxy groups -OCH3 is 1. The average Bonchev–Trinajstić information content (AvgIpc) is 3.21. The molecule has 0 radical (unpaired) electrons. The second-order valence-corrected chi connectivity index (χ2v) is 8.54. The summed E-state index contributed by atoms with van der Waals surface area (Å²) in [5.41, 5.74) is 3.88. The molecule has 182 valence electrons. The van der Waals surface area contributed by atoms with Crippen LogP contribution in [0.1, 0.15) is 56.5 Å². The number of amides is 1. The van der Waals surface area contributed by atoms with Crippen molar-refractivity contribution < 1.29 is 9.53 Å². The number of hydrogen-bond acceptors (Lipinski definition) is 5. The maximum absolute atomic E-state index is 13.0. The predicted molar refractivity (Wildman–Crippen MR) is 137 cm³/mol. The van der Waals surface area contributed by atoms with Crippen molar-refractivity contribution in [3.8, 4) is 5.75 Å². The highest BCUT2D eigenvalue weighted by atomic mass is 16.5. The molecule has 0 saturated heterocycles. The van der Waals surface area contributed by atoms with E-state index in [1.165, 1.54) is 0 Å². The van der Waals surface area contributed by atoms with Crippen molar-refractivity contribution in [1.29, 1.82) is 0 Å². The van der Waals surface area contributed by atoms with Crippen LogP contribution in [-0.2, 0) is 11.2 Å². The molecule has 0 spiro atoms. The number of ether oxygens (including phenoxy) is 1. The number of nitrogens with one attached hydrogen (secondary N) is 3. The fraction of sp³-hybridized carbons (Fsp3) is 0.462. The number of aromatic amines is 1. The number of guanidine groups is 1. The van der Waals surface area contributed by atoms with Crippen LogP contribution in [0.5, 0.6) is 5.75 Å². The van der Waals surface area contributed by atoms with Crippen LogP contribution < -0.4 is 15.4 Å². The van der Waals surface area contributed by atoms with Crippen LogP contribution in [0.2, 0.25) is 0 Å². The number of unbranched alkanes of at least 4 members (excludes halogenated alkanes) is 1. The molecule has 3 rings (SSSR count). The molecule has 0 saturated carbocycles. The van der Waals surface area contributed by atoms with E-state index in [0.29, 0.717) is 24.9 Å². The van der Waals surface area contributed by atoms with Gasteiger partial charge in [0.1, 0.15) is 5.75 Å². The van der Waals surface area contributed by atoms with E-state index in [2.05, 4.69) is 37.5 Å². The maximum Gasteiger partial charge on any atom is 0.229 e. The summed E-state index contributed by atoms with van der Waals surface area (Å²) < 4.78 is 5.31. The highest BCUT2D eigenvalue weighted by molar-refractivity contribution is 6.04. The van der Waals surface area contributed by atoms with Crippen LogP contribution in [0.3, 0.4) is 0 Å². The van der Waals surface area contributed by atoms with Gasteiger partial charge in [-0.25, -0.2) is 9.97 Å². The molecule has 0 unspecified atom stereocenters. The van der Waals surface area contributed by atoms with E-state index in [1.807, 2.05) is 51.2 Å². The van der Waals surface area contributed by atoms with Crippen LogP contribution in [0.25, 0.3) is 10.9 Å². The minimum atomic E-state index is -0.0456. The minimum Gasteiger partial charge on any atom is -0.497 e. The first-order valence-corrected chi connectivity index (χ1v) is 12.0. The van der Waals surface area contributed by atoms with E-state index in [9.17, 15) is 4.79 Å². The van der Waals surface area contributed by atoms with Gasteiger partial charge in [-0.15, -0.1) is 0 Å². The third-order valence-electron chi connectivity index (χ3n) is 5.85. The number of nitrogens with zero attached hydrogens (tertiary/aromatic N) is 3. The number of fused-ring (bicyclic) bond motifs is 1. The Balaban J connectivity index is 1.77. The molecule has 34 heavy (non-hydrogen) atoms. The van der Waals surface area contributed by atoms with E-state index >= 15 is 0 Å². The lowest BCUT2D eigenvalue weighted by molar-refractivity contribution is -0.123. The molecule has 8 heteroatoms. The Bertz CT molecular complexity index is 1120. The van der Waals surface area contributed by atoms with Gasteiger partial charge < -0.3 is 9.72 Å². The Morgan fingerprint density at radius 2 is 1.94 bits per heavy atom. The summed E-state index contributed by atoms with van der Waals surface area (Å²) >= 11 is 0. The number of carbonyl (C=O) groups excluding carboxylic acids is 1. The van der Waals surface area contributed by atoms with Gasteiger partial charge in [0.25, 0.3) is 0 Å². The van der Waals surface area contributed by atoms with Crippen LogP contribution in [0, 0.1) is 19.8 Å². The fourth-order valence-electron chi connectivity index (χ4n) is 3.98. The standard InChI is InChI=1S/C26H36N6O2/c1-6-8-9-19(7-2)24(33)31-25(32-26-29-17(3)14-18(4)30-26)27-13-12-20-16-28-23-15-21(34-5)10-11-22(20)23/h10-11,14-16,19,28H,6-9,12-13H2,1-5H3,(H2,27,29,30,31,32,33)/t19-/m1/s1. The quantitative estimate of drug-likeness (QED) is 0.292. The monoisotopic (exact) mass is 464 g/mol. The molecule has 1 atom stereocenters. The molecule has 0 aliphatic rings. The maximum atomic E-state index is 13.0. The molecule has 1 amide bonds. The lowest BCUT2D eigenvalue weighted by atomic mass is 9.98. The van der Waals surface area contributed by atoms with Crippen LogP contribution in [0.15, 0.2) is 35.5 Å². The van der Waals surface area contributed by atoms with Crippen molar-refractivity contribution in [2.45, 2.75) is 59.8 Å². The number of anilines is 1. The zero-order valence-electron chi connectivity index (χ0n) is 20.9. The van der Waals surface area contributed by atoms with E-state index in [-0.39, 0.29) is 11.8 Å². The van der Waals surface area contributed by atoms with Crippen molar-refractivity contribution in [3.05, 3.63) is 47.4 Å². The summed E-state index contributed by atoms with van der Waals surface area (Å²) in [6.07, 6.45) is 6.46. The summed E-state index contributed by atoms with van der Waals surface area (Å²) in [7, 11) is 1.66. The second-order valence-electron chi connectivity index (χ2n) is 8.54. The zero-order valence-corrected chi connectivity index (χ0v) is 20.9. The molecular weight excluding hydrogens is 428 g/mol. The summed E-state index contributed by atoms with van der Waals surface area (Å²) in [5, 5.41) is 7.26. The molecule has 3 N–H and O–H groups in total. The lowest BCUT2D eigenvalue weighted by Crippen LogP contribution is -2.40. The van der Waals surface area contributed by atoms with Gasteiger partial charge in [0.2, 0.25) is 17.8 Å². The SMILES string of the molecule is CCCC[C@@H](CC)C(=O)NC(=NCCc1c[nH]c2cc(OC)ccc12)Nc1nc(C)cc(C)n1. The third-order valence-corrected chi connectivity index (χ3v) is 5.85. The number of hydrogen-bond donors (Lipinski definition) is 3. The van der Waals surface area contributed by atoms with Crippen LogP contribution in [-0.4, -0.2) is 40.5 Å². The van der Waals surface area contributed by atoms with Gasteiger partial charge >= 0.3 is 0 Å². The van der Waals surface area contributed by atoms with Gasteiger partial charge in [-0.05, 0) is 56.9 Å². The molecule has 8 nitrogen and oxygen atoms in total. The van der Waals surface area contributed by atoms with Crippen molar-refractivity contribution in [1.82, 2.24) is 20.3 Å². The highest BCUT2D eigenvalue weighted by Gasteiger charge is 2.18. The topological polar surface area (TPSA) is 104 Å². The molecule has 0 bridgehead atoms. The molecule has 3 aromatic rings. The number of aliphatic imine (C=N–C) groups is 1. The van der Waals surface area contributed by atoms with Gasteiger partial charge in [0.15, 0.2) is 0 Å². The minimum absolute atomic E-state index is 0.0224. The Morgan fingerprint density at radius 1 is 1.18 bits per heavy atom. The number of aromatic nitrogens is 3. The van der Waals surface area contributed by atoms with Gasteiger partial charge in [0.05, 0.1) is 7.11 Å². The average molecular weight is 465 g/mol. The first kappa shape index (κ1) is 25.2. The van der Waals surface area contributed by atoms with Gasteiger partial charge in [-0.3, -0.25) is 20.4 Å². The third kappa shape index (κ3) is 6.79. The molecule has 2 aromatic heterocycles. The number of aryl methyl sites for hydroxylation is 2. The molecule has 0 aliphatic heterocycles. The predicted octanol–water partition coefficient (Wildman–Crippen LogP) is 4.93. The summed E-state index contributed by atoms with van der Waals surface area (Å²) in [4.78, 5) is 29.8.